The van der Waals surface area contributed by atoms with E-state index in [-0.39, 0.29) is 5.91 Å². The van der Waals surface area contributed by atoms with Crippen LogP contribution in [-0.4, -0.2) is 38.5 Å². The second kappa shape index (κ2) is 9.32. The molecule has 162 valence electrons. The van der Waals surface area contributed by atoms with E-state index in [1.807, 2.05) is 53.4 Å². The summed E-state index contributed by atoms with van der Waals surface area (Å²) in [4.78, 5) is 28.4. The maximum absolute atomic E-state index is 12.9. The Labute approximate surface area is 190 Å². The lowest BCUT2D eigenvalue weighted by Crippen LogP contribution is -2.33. The summed E-state index contributed by atoms with van der Waals surface area (Å²) in [6.07, 6.45) is 9.33. The number of nitrogens with zero attached hydrogens (tertiary/aromatic N) is 5. The van der Waals surface area contributed by atoms with Crippen LogP contribution in [0.15, 0.2) is 72.6 Å². The Balaban J connectivity index is 1.20. The van der Waals surface area contributed by atoms with Crippen LogP contribution < -0.4 is 10.2 Å². The molecule has 0 atom stereocenters. The Morgan fingerprint density at radius 3 is 2.69 bits per heavy atom. The SMILES string of the molecule is O=C(Nc1nc(C2CCN(c3ccccn3)CC2)cs1)c1cccn1Cc1ccncc1. The van der Waals surface area contributed by atoms with Crippen molar-refractivity contribution in [1.82, 2.24) is 19.5 Å². The Kier molecular flexibility index (Phi) is 5.93. The van der Waals surface area contributed by atoms with Crippen molar-refractivity contribution in [3.8, 4) is 0 Å². The van der Waals surface area contributed by atoms with Gasteiger partial charge in [0.2, 0.25) is 0 Å². The van der Waals surface area contributed by atoms with Gasteiger partial charge in [-0.1, -0.05) is 6.07 Å². The molecule has 0 spiro atoms. The Morgan fingerprint density at radius 2 is 1.91 bits per heavy atom. The predicted octanol–water partition coefficient (Wildman–Crippen LogP) is 4.42. The number of amides is 1. The molecule has 32 heavy (non-hydrogen) atoms. The highest BCUT2D eigenvalue weighted by Gasteiger charge is 2.24. The number of thiazole rings is 1. The molecule has 1 fully saturated rings. The topological polar surface area (TPSA) is 75.9 Å². The van der Waals surface area contributed by atoms with Gasteiger partial charge in [-0.25, -0.2) is 9.97 Å². The first-order valence-corrected chi connectivity index (χ1v) is 11.6. The predicted molar refractivity (Wildman–Crippen MR) is 126 cm³/mol. The summed E-state index contributed by atoms with van der Waals surface area (Å²) < 4.78 is 1.94. The average molecular weight is 445 g/mol. The van der Waals surface area contributed by atoms with E-state index in [0.717, 1.165) is 43.0 Å². The van der Waals surface area contributed by atoms with Gasteiger partial charge in [-0.05, 0) is 54.8 Å². The molecule has 1 aliphatic rings. The number of carbonyl (C=O) groups excluding carboxylic acids is 1. The lowest BCUT2D eigenvalue weighted by molar-refractivity contribution is 0.101. The molecule has 5 rings (SSSR count). The normalized spacial score (nSPS) is 14.4. The summed E-state index contributed by atoms with van der Waals surface area (Å²) in [5.74, 6) is 1.30. The molecule has 0 aliphatic carbocycles. The number of aromatic nitrogens is 4. The summed E-state index contributed by atoms with van der Waals surface area (Å²) in [5, 5.41) is 5.70. The number of pyridine rings is 2. The van der Waals surface area contributed by atoms with Gasteiger partial charge < -0.3 is 9.47 Å². The summed E-state index contributed by atoms with van der Waals surface area (Å²) in [7, 11) is 0. The van der Waals surface area contributed by atoms with Gasteiger partial charge in [0.05, 0.1) is 5.69 Å². The van der Waals surface area contributed by atoms with Gasteiger partial charge in [0.1, 0.15) is 11.5 Å². The van der Waals surface area contributed by atoms with Gasteiger partial charge in [-0.2, -0.15) is 0 Å². The number of hydrogen-bond donors (Lipinski definition) is 1. The largest absolute Gasteiger partial charge is 0.357 e. The number of carbonyl (C=O) groups is 1. The number of rotatable bonds is 6. The van der Waals surface area contributed by atoms with Gasteiger partial charge >= 0.3 is 0 Å². The molecular weight excluding hydrogens is 420 g/mol. The van der Waals surface area contributed by atoms with Gasteiger partial charge in [0.25, 0.3) is 5.91 Å². The fourth-order valence-corrected chi connectivity index (χ4v) is 4.87. The third-order valence-corrected chi connectivity index (χ3v) is 6.57. The molecule has 0 aromatic carbocycles. The molecule has 1 aliphatic heterocycles. The van der Waals surface area contributed by atoms with Crippen LogP contribution in [0.4, 0.5) is 10.9 Å². The molecule has 7 nitrogen and oxygen atoms in total. The van der Waals surface area contributed by atoms with E-state index in [9.17, 15) is 4.79 Å². The molecule has 0 bridgehead atoms. The molecule has 1 N–H and O–H groups in total. The van der Waals surface area contributed by atoms with Crippen LogP contribution in [0.3, 0.4) is 0 Å². The van der Waals surface area contributed by atoms with E-state index < -0.39 is 0 Å². The highest BCUT2D eigenvalue weighted by atomic mass is 32.1. The Morgan fingerprint density at radius 1 is 1.06 bits per heavy atom. The van der Waals surface area contributed by atoms with Crippen molar-refractivity contribution in [2.75, 3.05) is 23.3 Å². The molecule has 5 heterocycles. The van der Waals surface area contributed by atoms with Crippen LogP contribution in [-0.2, 0) is 6.54 Å². The summed E-state index contributed by atoms with van der Waals surface area (Å²) in [6, 6.07) is 13.6. The molecule has 4 aromatic rings. The standard InChI is InChI=1S/C24H24N6OS/c31-23(21-4-3-13-30(21)16-18-6-11-25-12-7-18)28-24-27-20(17-32-24)19-8-14-29(15-9-19)22-5-1-2-10-26-22/h1-7,10-13,17,19H,8-9,14-16H2,(H,27,28,31). The van der Waals surface area contributed by atoms with Crippen LogP contribution in [0.1, 0.15) is 40.5 Å². The molecule has 0 unspecified atom stereocenters. The van der Waals surface area contributed by atoms with Crippen molar-refractivity contribution >= 4 is 28.2 Å². The van der Waals surface area contributed by atoms with E-state index in [1.165, 1.54) is 11.3 Å². The summed E-state index contributed by atoms with van der Waals surface area (Å²) >= 11 is 1.49. The van der Waals surface area contributed by atoms with Crippen molar-refractivity contribution in [3.05, 3.63) is 89.6 Å². The lowest BCUT2D eigenvalue weighted by atomic mass is 9.94. The number of piperidine rings is 1. The second-order valence-corrected chi connectivity index (χ2v) is 8.72. The average Bonchev–Trinajstić information content (AvgIpc) is 3.50. The minimum atomic E-state index is -0.144. The molecule has 8 heteroatoms. The minimum absolute atomic E-state index is 0.144. The third kappa shape index (κ3) is 4.55. The Hall–Kier alpha value is -3.52. The minimum Gasteiger partial charge on any atom is -0.357 e. The van der Waals surface area contributed by atoms with Gasteiger partial charge in [0, 0.05) is 55.7 Å². The zero-order chi connectivity index (χ0) is 21.8. The molecule has 0 saturated carbocycles. The van der Waals surface area contributed by atoms with Crippen molar-refractivity contribution in [1.29, 1.82) is 0 Å². The quantitative estimate of drug-likeness (QED) is 0.476. The van der Waals surface area contributed by atoms with Crippen molar-refractivity contribution in [2.45, 2.75) is 25.3 Å². The molecule has 0 radical (unpaired) electrons. The maximum atomic E-state index is 12.9. The lowest BCUT2D eigenvalue weighted by Gasteiger charge is -2.32. The number of nitrogens with one attached hydrogen (secondary N) is 1. The van der Waals surface area contributed by atoms with Crippen LogP contribution in [0.5, 0.6) is 0 Å². The van der Waals surface area contributed by atoms with Crippen LogP contribution in [0, 0.1) is 0 Å². The zero-order valence-corrected chi connectivity index (χ0v) is 18.4. The van der Waals surface area contributed by atoms with Gasteiger partial charge in [0.15, 0.2) is 5.13 Å². The van der Waals surface area contributed by atoms with Gasteiger partial charge in [-0.15, -0.1) is 11.3 Å². The third-order valence-electron chi connectivity index (χ3n) is 5.79. The molecular formula is C24H24N6OS. The van der Waals surface area contributed by atoms with E-state index in [1.54, 1.807) is 12.4 Å². The summed E-state index contributed by atoms with van der Waals surface area (Å²) in [6.45, 7) is 2.54. The fourth-order valence-electron chi connectivity index (χ4n) is 4.08. The number of hydrogen-bond acceptors (Lipinski definition) is 6. The van der Waals surface area contributed by atoms with E-state index in [0.29, 0.717) is 23.3 Å². The van der Waals surface area contributed by atoms with Crippen LogP contribution in [0.25, 0.3) is 0 Å². The first kappa shape index (κ1) is 20.4. The molecule has 1 saturated heterocycles. The monoisotopic (exact) mass is 444 g/mol. The summed E-state index contributed by atoms with van der Waals surface area (Å²) in [5.41, 5.74) is 2.78. The maximum Gasteiger partial charge on any atom is 0.274 e. The fraction of sp³-hybridized carbons (Fsp3) is 0.250. The first-order chi connectivity index (χ1) is 15.8. The van der Waals surface area contributed by atoms with Gasteiger partial charge in [-0.3, -0.25) is 15.1 Å². The van der Waals surface area contributed by atoms with Crippen molar-refractivity contribution in [2.24, 2.45) is 0 Å². The van der Waals surface area contributed by atoms with Crippen LogP contribution in [0.2, 0.25) is 0 Å². The van der Waals surface area contributed by atoms with Crippen molar-refractivity contribution in [3.63, 3.8) is 0 Å². The number of anilines is 2. The Bertz CT molecular complexity index is 1170. The molecule has 4 aromatic heterocycles. The van der Waals surface area contributed by atoms with E-state index in [4.69, 9.17) is 4.98 Å². The zero-order valence-electron chi connectivity index (χ0n) is 17.6. The first-order valence-electron chi connectivity index (χ1n) is 10.7. The smallest absolute Gasteiger partial charge is 0.274 e. The van der Waals surface area contributed by atoms with E-state index in [2.05, 4.69) is 31.6 Å². The second-order valence-electron chi connectivity index (χ2n) is 7.86. The van der Waals surface area contributed by atoms with Crippen molar-refractivity contribution < 1.29 is 4.79 Å². The highest BCUT2D eigenvalue weighted by molar-refractivity contribution is 7.14. The molecule has 1 amide bonds. The van der Waals surface area contributed by atoms with Crippen LogP contribution >= 0.6 is 11.3 Å². The van der Waals surface area contributed by atoms with E-state index >= 15 is 0 Å². The highest BCUT2D eigenvalue weighted by Crippen LogP contribution is 2.31.